The van der Waals surface area contributed by atoms with Crippen LogP contribution in [-0.2, 0) is 19.1 Å². The minimum absolute atomic E-state index is 0.0726. The fourth-order valence-corrected chi connectivity index (χ4v) is 7.46. The molecule has 5 N–H and O–H groups in total. The number of nitrogens with one attached hydrogen (secondary N) is 5. The Hall–Kier alpha value is -7.01. The zero-order chi connectivity index (χ0) is 42.7. The standard InChI is InChI=1S/C48H50N8O5/c1-31(2)41(54-46(57)42(51-30-60-3)36-12-7-5-8-13-36)45-50-29-39(53-45)35-25-21-33(22-26-35)18-17-32-19-23-34(24-20-32)38-28-49-44(52-38)40-16-11-27-56(40)47(58)43(55-48(59)61-4)37-14-9-6-10-15-37/h5-10,12-15,19-26,28-29,31,40-43,51H,11,16,27,30H2,1-4H3,(H,49,52)(H,50,53)(H,54,57)(H,55,59). The van der Waals surface area contributed by atoms with E-state index in [0.29, 0.717) is 23.8 Å². The summed E-state index contributed by atoms with van der Waals surface area (Å²) in [6.07, 6.45) is 4.46. The molecule has 0 saturated carbocycles. The van der Waals surface area contributed by atoms with Gasteiger partial charge in [0.05, 0.1) is 49.7 Å². The van der Waals surface area contributed by atoms with E-state index in [0.717, 1.165) is 52.0 Å². The fourth-order valence-electron chi connectivity index (χ4n) is 7.46. The number of imidazole rings is 2. The Balaban J connectivity index is 0.981. The average Bonchev–Trinajstić information content (AvgIpc) is 4.10. The lowest BCUT2D eigenvalue weighted by Gasteiger charge is -2.28. The second-order valence-corrected chi connectivity index (χ2v) is 15.1. The quantitative estimate of drug-likeness (QED) is 0.0561. The Bertz CT molecular complexity index is 2450. The predicted octanol–water partition coefficient (Wildman–Crippen LogP) is 7.38. The number of likely N-dealkylation sites (tertiary alicyclic amines) is 1. The summed E-state index contributed by atoms with van der Waals surface area (Å²) in [5.74, 6) is 7.58. The Morgan fingerprint density at radius 1 is 0.754 bits per heavy atom. The van der Waals surface area contributed by atoms with Crippen LogP contribution in [0.5, 0.6) is 0 Å². The fraction of sp³-hybridized carbons (Fsp3) is 0.271. The maximum absolute atomic E-state index is 13.9. The second-order valence-electron chi connectivity index (χ2n) is 15.1. The molecule has 1 fully saturated rings. The van der Waals surface area contributed by atoms with Crippen molar-refractivity contribution in [1.29, 1.82) is 0 Å². The molecule has 4 unspecified atom stereocenters. The summed E-state index contributed by atoms with van der Waals surface area (Å²) < 4.78 is 10.0. The highest BCUT2D eigenvalue weighted by Gasteiger charge is 2.37. The van der Waals surface area contributed by atoms with Crippen LogP contribution in [0.3, 0.4) is 0 Å². The summed E-state index contributed by atoms with van der Waals surface area (Å²) in [7, 11) is 2.86. The van der Waals surface area contributed by atoms with Crippen molar-refractivity contribution in [2.24, 2.45) is 5.92 Å². The van der Waals surface area contributed by atoms with Crippen molar-refractivity contribution < 1.29 is 23.9 Å². The molecular weight excluding hydrogens is 769 g/mol. The molecule has 312 valence electrons. The minimum Gasteiger partial charge on any atom is -0.453 e. The van der Waals surface area contributed by atoms with Crippen LogP contribution in [0.15, 0.2) is 122 Å². The zero-order valence-corrected chi connectivity index (χ0v) is 34.6. The number of methoxy groups -OCH3 is 2. The Morgan fingerprint density at radius 2 is 1.33 bits per heavy atom. The van der Waals surface area contributed by atoms with Crippen LogP contribution in [0.1, 0.15) is 84.8 Å². The van der Waals surface area contributed by atoms with E-state index in [1.165, 1.54) is 7.11 Å². The van der Waals surface area contributed by atoms with E-state index in [2.05, 4.69) is 61.6 Å². The number of rotatable bonds is 14. The lowest BCUT2D eigenvalue weighted by molar-refractivity contribution is -0.134. The number of benzene rings is 4. The third-order valence-corrected chi connectivity index (χ3v) is 10.7. The van der Waals surface area contributed by atoms with Gasteiger partial charge in [-0.15, -0.1) is 0 Å². The number of H-pyrrole nitrogens is 2. The van der Waals surface area contributed by atoms with E-state index >= 15 is 0 Å². The first-order chi connectivity index (χ1) is 29.7. The SMILES string of the molecule is COCNC(C(=O)NC(c1ncc(-c2ccc(C#Cc3ccc(-c4cnc(C5CCCN5C(=O)C(NC(=O)OC)c5ccccc5)[nH]4)cc3)cc2)[nH]1)C(C)C)c1ccccc1. The first-order valence-electron chi connectivity index (χ1n) is 20.3. The van der Waals surface area contributed by atoms with Gasteiger partial charge in [-0.2, -0.15) is 0 Å². The highest BCUT2D eigenvalue weighted by Crippen LogP contribution is 2.34. The van der Waals surface area contributed by atoms with Crippen LogP contribution in [0, 0.1) is 17.8 Å². The third kappa shape index (κ3) is 10.2. The number of hydrogen-bond acceptors (Lipinski definition) is 8. The van der Waals surface area contributed by atoms with Gasteiger partial charge < -0.3 is 35.0 Å². The van der Waals surface area contributed by atoms with Gasteiger partial charge in [0.2, 0.25) is 5.91 Å². The molecule has 0 spiro atoms. The molecule has 0 radical (unpaired) electrons. The molecule has 4 aromatic carbocycles. The number of aromatic amines is 2. The summed E-state index contributed by atoms with van der Waals surface area (Å²) in [4.78, 5) is 57.6. The number of amides is 3. The van der Waals surface area contributed by atoms with E-state index in [-0.39, 0.29) is 36.5 Å². The van der Waals surface area contributed by atoms with Gasteiger partial charge in [0, 0.05) is 24.8 Å². The van der Waals surface area contributed by atoms with Gasteiger partial charge in [0.25, 0.3) is 5.91 Å². The molecule has 3 heterocycles. The molecule has 2 aromatic heterocycles. The van der Waals surface area contributed by atoms with Crippen molar-refractivity contribution in [3.05, 3.63) is 155 Å². The van der Waals surface area contributed by atoms with Crippen molar-refractivity contribution in [2.75, 3.05) is 27.5 Å². The molecule has 1 aliphatic rings. The van der Waals surface area contributed by atoms with Crippen LogP contribution in [0.25, 0.3) is 22.5 Å². The molecule has 4 atom stereocenters. The van der Waals surface area contributed by atoms with Crippen molar-refractivity contribution in [1.82, 2.24) is 40.8 Å². The summed E-state index contributed by atoms with van der Waals surface area (Å²) in [5.41, 5.74) is 6.80. The molecule has 1 saturated heterocycles. The van der Waals surface area contributed by atoms with Crippen LogP contribution >= 0.6 is 0 Å². The largest absolute Gasteiger partial charge is 0.453 e. The molecule has 6 aromatic rings. The van der Waals surface area contributed by atoms with Crippen LogP contribution in [0.4, 0.5) is 4.79 Å². The molecular formula is C48H50N8O5. The molecule has 7 rings (SSSR count). The van der Waals surface area contributed by atoms with Crippen molar-refractivity contribution in [3.63, 3.8) is 0 Å². The highest BCUT2D eigenvalue weighted by atomic mass is 16.5. The average molecular weight is 819 g/mol. The Morgan fingerprint density at radius 3 is 1.90 bits per heavy atom. The topological polar surface area (TPSA) is 166 Å². The van der Waals surface area contributed by atoms with Gasteiger partial charge in [-0.1, -0.05) is 111 Å². The number of carbonyl (C=O) groups excluding carboxylic acids is 3. The van der Waals surface area contributed by atoms with Gasteiger partial charge in [0.1, 0.15) is 23.7 Å². The maximum Gasteiger partial charge on any atom is 0.407 e. The highest BCUT2D eigenvalue weighted by molar-refractivity contribution is 5.87. The van der Waals surface area contributed by atoms with E-state index in [1.54, 1.807) is 24.4 Å². The number of hydrogen-bond donors (Lipinski definition) is 5. The normalized spacial score (nSPS) is 15.0. The smallest absolute Gasteiger partial charge is 0.407 e. The minimum atomic E-state index is -0.881. The monoisotopic (exact) mass is 818 g/mol. The van der Waals surface area contributed by atoms with E-state index in [4.69, 9.17) is 9.47 Å². The number of nitrogens with zero attached hydrogens (tertiary/aromatic N) is 3. The summed E-state index contributed by atoms with van der Waals surface area (Å²) >= 11 is 0. The van der Waals surface area contributed by atoms with E-state index in [9.17, 15) is 14.4 Å². The van der Waals surface area contributed by atoms with Crippen LogP contribution < -0.4 is 16.0 Å². The molecule has 61 heavy (non-hydrogen) atoms. The second kappa shape index (κ2) is 19.8. The summed E-state index contributed by atoms with van der Waals surface area (Å²) in [5, 5.41) is 9.07. The molecule has 0 bridgehead atoms. The molecule has 13 heteroatoms. The maximum atomic E-state index is 13.9. The predicted molar refractivity (Wildman–Crippen MR) is 232 cm³/mol. The van der Waals surface area contributed by atoms with Gasteiger partial charge in [-0.3, -0.25) is 14.9 Å². The van der Waals surface area contributed by atoms with Crippen molar-refractivity contribution in [2.45, 2.75) is 50.9 Å². The number of ether oxygens (including phenoxy) is 2. The number of alkyl carbamates (subject to hydrolysis) is 1. The van der Waals surface area contributed by atoms with Gasteiger partial charge in [-0.25, -0.2) is 14.8 Å². The van der Waals surface area contributed by atoms with Gasteiger partial charge in [-0.05, 0) is 65.3 Å². The molecule has 1 aliphatic heterocycles. The first-order valence-corrected chi connectivity index (χ1v) is 20.3. The Labute approximate surface area is 355 Å². The van der Waals surface area contributed by atoms with E-state index in [1.807, 2.05) is 109 Å². The summed E-state index contributed by atoms with van der Waals surface area (Å²) in [6.45, 7) is 4.88. The lowest BCUT2D eigenvalue weighted by Crippen LogP contribution is -2.42. The molecule has 3 amide bonds. The first kappa shape index (κ1) is 42.1. The zero-order valence-electron chi connectivity index (χ0n) is 34.6. The van der Waals surface area contributed by atoms with Gasteiger partial charge in [0.15, 0.2) is 0 Å². The number of aromatic nitrogens is 4. The van der Waals surface area contributed by atoms with Crippen LogP contribution in [0.2, 0.25) is 0 Å². The van der Waals surface area contributed by atoms with E-state index < -0.39 is 18.2 Å². The van der Waals surface area contributed by atoms with Crippen LogP contribution in [-0.4, -0.2) is 70.2 Å². The third-order valence-electron chi connectivity index (χ3n) is 10.7. The van der Waals surface area contributed by atoms with Crippen molar-refractivity contribution >= 4 is 17.9 Å². The van der Waals surface area contributed by atoms with Crippen molar-refractivity contribution in [3.8, 4) is 34.4 Å². The number of carbonyl (C=O) groups is 3. The van der Waals surface area contributed by atoms with Gasteiger partial charge >= 0.3 is 6.09 Å². The lowest BCUT2D eigenvalue weighted by atomic mass is 10.0. The molecule has 13 nitrogen and oxygen atoms in total. The Kier molecular flexibility index (Phi) is 13.7. The summed E-state index contributed by atoms with van der Waals surface area (Å²) in [6, 6.07) is 32.5. The molecule has 0 aliphatic carbocycles.